The molecule has 6 nitrogen and oxygen atoms in total. The highest BCUT2D eigenvalue weighted by molar-refractivity contribution is 7.99. The van der Waals surface area contributed by atoms with Crippen LogP contribution < -0.4 is 4.74 Å². The first-order valence-corrected chi connectivity index (χ1v) is 8.44. The average molecular weight is 343 g/mol. The second kappa shape index (κ2) is 7.35. The normalized spacial score (nSPS) is 10.8. The number of Topliss-reactive ketones (excluding diaryl/α,β-unsaturated/α-hetero) is 1. The predicted molar refractivity (Wildman–Crippen MR) is 91.4 cm³/mol. The Morgan fingerprint density at radius 2 is 2.08 bits per heavy atom. The molecule has 24 heavy (non-hydrogen) atoms. The molecule has 0 N–H and O–H groups in total. The fourth-order valence-corrected chi connectivity index (χ4v) is 2.96. The summed E-state index contributed by atoms with van der Waals surface area (Å²) < 4.78 is 12.9. The quantitative estimate of drug-likeness (QED) is 0.372. The van der Waals surface area contributed by atoms with Gasteiger partial charge >= 0.3 is 0 Å². The molecule has 2 aromatic heterocycles. The van der Waals surface area contributed by atoms with Crippen molar-refractivity contribution in [2.75, 3.05) is 12.4 Å². The molecule has 0 unspecified atom stereocenters. The smallest absolute Gasteiger partial charge is 0.200 e. The maximum Gasteiger partial charge on any atom is 0.200 e. The van der Waals surface area contributed by atoms with Crippen LogP contribution in [-0.2, 0) is 7.05 Å². The fourth-order valence-electron chi connectivity index (χ4n) is 2.23. The molecule has 0 saturated heterocycles. The van der Waals surface area contributed by atoms with Crippen LogP contribution in [0.3, 0.4) is 0 Å². The molecule has 0 radical (unpaired) electrons. The molecule has 3 rings (SSSR count). The van der Waals surface area contributed by atoms with Gasteiger partial charge in [-0.05, 0) is 31.2 Å². The summed E-state index contributed by atoms with van der Waals surface area (Å²) in [5.74, 6) is 2.67. The standard InChI is InChI=1S/C17H17N3O3S/c1-12(21)13-6-3-4-7-14(13)23-10-11-24-17-19-18-16(20(17)2)15-8-5-9-22-15/h3-9H,10-11H2,1-2H3. The second-order valence-electron chi connectivity index (χ2n) is 5.09. The third kappa shape index (κ3) is 3.51. The monoisotopic (exact) mass is 343 g/mol. The molecule has 2 heterocycles. The molecular weight excluding hydrogens is 326 g/mol. The van der Waals surface area contributed by atoms with Gasteiger partial charge in [-0.25, -0.2) is 0 Å². The van der Waals surface area contributed by atoms with E-state index in [0.29, 0.717) is 35.3 Å². The van der Waals surface area contributed by atoms with Crippen molar-refractivity contribution < 1.29 is 13.9 Å². The number of aromatic nitrogens is 3. The molecule has 0 atom stereocenters. The fraction of sp³-hybridized carbons (Fsp3) is 0.235. The Bertz CT molecular complexity index is 827. The molecule has 0 fully saturated rings. The highest BCUT2D eigenvalue weighted by Crippen LogP contribution is 2.23. The average Bonchev–Trinajstić information content (AvgIpc) is 3.22. The van der Waals surface area contributed by atoms with Crippen LogP contribution in [0.5, 0.6) is 5.75 Å². The van der Waals surface area contributed by atoms with Gasteiger partial charge in [0, 0.05) is 12.8 Å². The van der Waals surface area contributed by atoms with E-state index in [0.717, 1.165) is 5.16 Å². The number of furan rings is 1. The predicted octanol–water partition coefficient (Wildman–Crippen LogP) is 3.45. The van der Waals surface area contributed by atoms with E-state index in [1.807, 2.05) is 35.9 Å². The van der Waals surface area contributed by atoms with Crippen molar-refractivity contribution in [1.82, 2.24) is 14.8 Å². The minimum Gasteiger partial charge on any atom is -0.492 e. The van der Waals surface area contributed by atoms with Crippen LogP contribution >= 0.6 is 11.8 Å². The third-order valence-corrected chi connectivity index (χ3v) is 4.40. The zero-order chi connectivity index (χ0) is 16.9. The summed E-state index contributed by atoms with van der Waals surface area (Å²) in [5.41, 5.74) is 0.598. The molecule has 0 amide bonds. The lowest BCUT2D eigenvalue weighted by atomic mass is 10.1. The van der Waals surface area contributed by atoms with Crippen molar-refractivity contribution >= 4 is 17.5 Å². The van der Waals surface area contributed by atoms with Crippen molar-refractivity contribution in [3.8, 4) is 17.3 Å². The van der Waals surface area contributed by atoms with Crippen molar-refractivity contribution in [1.29, 1.82) is 0 Å². The maximum atomic E-state index is 11.6. The molecule has 0 bridgehead atoms. The van der Waals surface area contributed by atoms with Crippen LogP contribution in [0.25, 0.3) is 11.6 Å². The van der Waals surface area contributed by atoms with Gasteiger partial charge in [-0.1, -0.05) is 23.9 Å². The summed E-state index contributed by atoms with van der Waals surface area (Å²) in [7, 11) is 1.89. The van der Waals surface area contributed by atoms with E-state index in [9.17, 15) is 4.79 Å². The summed E-state index contributed by atoms with van der Waals surface area (Å²) in [5, 5.41) is 9.10. The Kier molecular flexibility index (Phi) is 5.00. The number of ketones is 1. The van der Waals surface area contributed by atoms with E-state index >= 15 is 0 Å². The minimum atomic E-state index is -0.00496. The zero-order valence-corrected chi connectivity index (χ0v) is 14.2. The van der Waals surface area contributed by atoms with Crippen LogP contribution in [0.1, 0.15) is 17.3 Å². The molecule has 3 aromatic rings. The van der Waals surface area contributed by atoms with Crippen LogP contribution in [0.4, 0.5) is 0 Å². The van der Waals surface area contributed by atoms with Gasteiger partial charge in [0.2, 0.25) is 0 Å². The number of para-hydroxylation sites is 1. The van der Waals surface area contributed by atoms with E-state index in [1.165, 1.54) is 18.7 Å². The number of benzene rings is 1. The van der Waals surface area contributed by atoms with Crippen LogP contribution in [0.2, 0.25) is 0 Å². The number of hydrogen-bond donors (Lipinski definition) is 0. The number of ether oxygens (including phenoxy) is 1. The first-order valence-electron chi connectivity index (χ1n) is 7.45. The van der Waals surface area contributed by atoms with Gasteiger partial charge in [-0.3, -0.25) is 4.79 Å². The van der Waals surface area contributed by atoms with Gasteiger partial charge < -0.3 is 13.7 Å². The molecule has 0 saturated carbocycles. The van der Waals surface area contributed by atoms with Crippen molar-refractivity contribution in [2.24, 2.45) is 7.05 Å². The van der Waals surface area contributed by atoms with E-state index in [2.05, 4.69) is 10.2 Å². The SMILES string of the molecule is CC(=O)c1ccccc1OCCSc1nnc(-c2ccco2)n1C. The van der Waals surface area contributed by atoms with Gasteiger partial charge in [0.25, 0.3) is 0 Å². The number of carbonyl (C=O) groups excluding carboxylic acids is 1. The first-order chi connectivity index (χ1) is 11.7. The minimum absolute atomic E-state index is 0.00496. The highest BCUT2D eigenvalue weighted by Gasteiger charge is 2.13. The number of thioether (sulfide) groups is 1. The van der Waals surface area contributed by atoms with Crippen molar-refractivity contribution in [2.45, 2.75) is 12.1 Å². The van der Waals surface area contributed by atoms with E-state index in [1.54, 1.807) is 18.4 Å². The van der Waals surface area contributed by atoms with Gasteiger partial charge in [0.05, 0.1) is 18.4 Å². The molecule has 0 aliphatic carbocycles. The van der Waals surface area contributed by atoms with Gasteiger partial charge in [-0.15, -0.1) is 10.2 Å². The molecule has 0 aliphatic rings. The largest absolute Gasteiger partial charge is 0.492 e. The molecular formula is C17H17N3O3S. The van der Waals surface area contributed by atoms with Gasteiger partial charge in [0.1, 0.15) is 5.75 Å². The van der Waals surface area contributed by atoms with Gasteiger partial charge in [0.15, 0.2) is 22.5 Å². The number of hydrogen-bond acceptors (Lipinski definition) is 6. The lowest BCUT2D eigenvalue weighted by molar-refractivity contribution is 0.101. The van der Waals surface area contributed by atoms with E-state index < -0.39 is 0 Å². The lowest BCUT2D eigenvalue weighted by Crippen LogP contribution is -2.05. The highest BCUT2D eigenvalue weighted by atomic mass is 32.2. The summed E-state index contributed by atoms with van der Waals surface area (Å²) in [6.45, 7) is 2.00. The Morgan fingerprint density at radius 1 is 1.25 bits per heavy atom. The summed E-state index contributed by atoms with van der Waals surface area (Å²) in [6.07, 6.45) is 1.61. The second-order valence-corrected chi connectivity index (χ2v) is 6.15. The summed E-state index contributed by atoms with van der Waals surface area (Å²) in [4.78, 5) is 11.6. The number of nitrogens with zero attached hydrogens (tertiary/aromatic N) is 3. The lowest BCUT2D eigenvalue weighted by Gasteiger charge is -2.09. The van der Waals surface area contributed by atoms with Crippen molar-refractivity contribution in [3.05, 3.63) is 48.2 Å². The van der Waals surface area contributed by atoms with E-state index in [4.69, 9.17) is 9.15 Å². The first kappa shape index (κ1) is 16.3. The Morgan fingerprint density at radius 3 is 2.83 bits per heavy atom. The molecule has 7 heteroatoms. The molecule has 1 aromatic carbocycles. The number of rotatable bonds is 7. The van der Waals surface area contributed by atoms with Crippen LogP contribution in [-0.4, -0.2) is 32.9 Å². The maximum absolute atomic E-state index is 11.6. The van der Waals surface area contributed by atoms with Crippen LogP contribution in [0.15, 0.2) is 52.2 Å². The number of carbonyl (C=O) groups is 1. The van der Waals surface area contributed by atoms with E-state index in [-0.39, 0.29) is 5.78 Å². The topological polar surface area (TPSA) is 70.2 Å². The van der Waals surface area contributed by atoms with Crippen LogP contribution in [0, 0.1) is 0 Å². The Labute approximate surface area is 143 Å². The Balaban J connectivity index is 1.57. The Hall–Kier alpha value is -2.54. The molecule has 0 aliphatic heterocycles. The summed E-state index contributed by atoms with van der Waals surface area (Å²) >= 11 is 1.54. The summed E-state index contributed by atoms with van der Waals surface area (Å²) in [6, 6.07) is 10.9. The van der Waals surface area contributed by atoms with Crippen molar-refractivity contribution in [3.63, 3.8) is 0 Å². The molecule has 0 spiro atoms. The molecule has 124 valence electrons. The van der Waals surface area contributed by atoms with Gasteiger partial charge in [-0.2, -0.15) is 0 Å². The zero-order valence-electron chi connectivity index (χ0n) is 13.4. The third-order valence-electron chi connectivity index (χ3n) is 3.41.